The molecule has 0 bridgehead atoms. The summed E-state index contributed by atoms with van der Waals surface area (Å²) in [5.74, 6) is 0.0972. The molecule has 0 aliphatic carbocycles. The average molecular weight is 475 g/mol. The van der Waals surface area contributed by atoms with Crippen molar-refractivity contribution in [1.82, 2.24) is 15.0 Å². The maximum atomic E-state index is 11.1. The van der Waals surface area contributed by atoms with Crippen LogP contribution in [0.2, 0.25) is 0 Å². The lowest BCUT2D eigenvalue weighted by molar-refractivity contribution is 0.507. The Hall–Kier alpha value is -3.40. The number of rotatable bonds is 5. The van der Waals surface area contributed by atoms with Gasteiger partial charge in [-0.2, -0.15) is 0 Å². The van der Waals surface area contributed by atoms with E-state index in [-0.39, 0.29) is 11.8 Å². The lowest BCUT2D eigenvalue weighted by atomic mass is 10.0. The molecule has 5 rings (SSSR count). The molecule has 0 radical (unpaired) electrons. The van der Waals surface area contributed by atoms with E-state index in [1.54, 1.807) is 6.20 Å². The maximum Gasteiger partial charge on any atom is 0.157 e. The number of piperidine rings is 1. The number of fused-ring (bicyclic) bond motifs is 1. The van der Waals surface area contributed by atoms with E-state index in [4.69, 9.17) is 21.0 Å². The number of hydrogen-bond acceptors (Lipinski definition) is 7. The molecule has 1 unspecified atom stereocenters. The summed E-state index contributed by atoms with van der Waals surface area (Å²) >= 11 is -1.87. The summed E-state index contributed by atoms with van der Waals surface area (Å²) in [7, 11) is 0. The van der Waals surface area contributed by atoms with Crippen molar-refractivity contribution in [3.05, 3.63) is 66.5 Å². The Labute approximate surface area is 200 Å². The van der Waals surface area contributed by atoms with Crippen LogP contribution in [-0.2, 0) is 16.8 Å². The van der Waals surface area contributed by atoms with Gasteiger partial charge in [-0.25, -0.2) is 9.19 Å². The van der Waals surface area contributed by atoms with Gasteiger partial charge in [0.05, 0.1) is 34.5 Å². The van der Waals surface area contributed by atoms with E-state index in [1.807, 2.05) is 54.7 Å². The fraction of sp³-hybridized carbons (Fsp3) is 0.240. The number of aromatic nitrogens is 3. The second kappa shape index (κ2) is 9.46. The number of anilines is 2. The highest BCUT2D eigenvalue weighted by Crippen LogP contribution is 2.32. The van der Waals surface area contributed by atoms with Crippen LogP contribution in [-0.4, -0.2) is 42.8 Å². The summed E-state index contributed by atoms with van der Waals surface area (Å²) in [5, 5.41) is 0.995. The summed E-state index contributed by atoms with van der Waals surface area (Å²) < 4.78 is 20.2. The van der Waals surface area contributed by atoms with E-state index < -0.39 is 11.1 Å². The van der Waals surface area contributed by atoms with Crippen molar-refractivity contribution < 1.29 is 8.76 Å². The molecule has 174 valence electrons. The van der Waals surface area contributed by atoms with Gasteiger partial charge in [-0.1, -0.05) is 24.3 Å². The largest absolute Gasteiger partial charge is 0.397 e. The van der Waals surface area contributed by atoms with Crippen LogP contribution in [0.1, 0.15) is 18.4 Å². The Kier molecular flexibility index (Phi) is 6.23. The second-order valence-electron chi connectivity index (χ2n) is 8.56. The molecular weight excluding hydrogens is 448 g/mol. The second-order valence-corrected chi connectivity index (χ2v) is 9.49. The summed E-state index contributed by atoms with van der Waals surface area (Å²) in [6.07, 6.45) is 5.67. The summed E-state index contributed by atoms with van der Waals surface area (Å²) in [6, 6.07) is 15.3. The van der Waals surface area contributed by atoms with Gasteiger partial charge in [-0.05, 0) is 42.7 Å². The standard InChI is InChI=1S/C25H26N6O2S/c26-18-2-1-11-31(14-18)24-9-10-28-23-13-29-22(12-19(23)24)25-20(27)7-8-21(30-25)17-5-3-16(4-6-17)15-34(32)33/h3-10,12-13,18H,1-2,11,14-15,26-27H2,(H,32,33)/t18-/m0/s1. The van der Waals surface area contributed by atoms with Gasteiger partial charge in [0.1, 0.15) is 5.69 Å². The van der Waals surface area contributed by atoms with Gasteiger partial charge in [-0.3, -0.25) is 9.97 Å². The van der Waals surface area contributed by atoms with Crippen molar-refractivity contribution in [2.45, 2.75) is 24.6 Å². The molecule has 34 heavy (non-hydrogen) atoms. The highest BCUT2D eigenvalue weighted by Gasteiger charge is 2.20. The first-order valence-corrected chi connectivity index (χ1v) is 12.4. The lowest BCUT2D eigenvalue weighted by Gasteiger charge is -2.33. The molecule has 4 aromatic rings. The highest BCUT2D eigenvalue weighted by molar-refractivity contribution is 7.78. The van der Waals surface area contributed by atoms with Crippen LogP contribution in [0.25, 0.3) is 33.5 Å². The number of hydrogen-bond donors (Lipinski definition) is 3. The SMILES string of the molecule is Nc1ccc(-c2ccc(CS(=O)O)cc2)nc1-c1cc2c(N3CCC[C@H](N)C3)ccnc2cn1. The predicted molar refractivity (Wildman–Crippen MR) is 137 cm³/mol. The molecule has 2 atom stereocenters. The molecule has 1 aliphatic heterocycles. The summed E-state index contributed by atoms with van der Waals surface area (Å²) in [6.45, 7) is 1.77. The average Bonchev–Trinajstić information content (AvgIpc) is 2.84. The van der Waals surface area contributed by atoms with Gasteiger partial charge >= 0.3 is 0 Å². The van der Waals surface area contributed by atoms with E-state index in [0.717, 1.165) is 59.3 Å². The molecule has 4 heterocycles. The van der Waals surface area contributed by atoms with E-state index in [2.05, 4.69) is 14.9 Å². The highest BCUT2D eigenvalue weighted by atomic mass is 32.2. The van der Waals surface area contributed by atoms with Crippen LogP contribution in [0.15, 0.2) is 60.9 Å². The Balaban J connectivity index is 1.53. The zero-order valence-corrected chi connectivity index (χ0v) is 19.4. The first-order valence-electron chi connectivity index (χ1n) is 11.2. The zero-order valence-electron chi connectivity index (χ0n) is 18.6. The van der Waals surface area contributed by atoms with E-state index in [0.29, 0.717) is 17.1 Å². The van der Waals surface area contributed by atoms with Crippen LogP contribution in [0.5, 0.6) is 0 Å². The van der Waals surface area contributed by atoms with Gasteiger partial charge < -0.3 is 20.9 Å². The van der Waals surface area contributed by atoms with Crippen LogP contribution >= 0.6 is 0 Å². The minimum Gasteiger partial charge on any atom is -0.397 e. The monoisotopic (exact) mass is 474 g/mol. The third-order valence-corrected chi connectivity index (χ3v) is 6.69. The summed E-state index contributed by atoms with van der Waals surface area (Å²) in [4.78, 5) is 16.2. The van der Waals surface area contributed by atoms with Crippen molar-refractivity contribution in [3.63, 3.8) is 0 Å². The van der Waals surface area contributed by atoms with Crippen molar-refractivity contribution in [2.75, 3.05) is 23.7 Å². The molecule has 8 nitrogen and oxygen atoms in total. The van der Waals surface area contributed by atoms with Gasteiger partial charge in [0.2, 0.25) is 0 Å². The smallest absolute Gasteiger partial charge is 0.157 e. The lowest BCUT2D eigenvalue weighted by Crippen LogP contribution is -2.42. The van der Waals surface area contributed by atoms with Crippen molar-refractivity contribution in [3.8, 4) is 22.6 Å². The van der Waals surface area contributed by atoms with Crippen LogP contribution in [0, 0.1) is 0 Å². The van der Waals surface area contributed by atoms with Crippen LogP contribution in [0.3, 0.4) is 0 Å². The zero-order chi connectivity index (χ0) is 23.7. The van der Waals surface area contributed by atoms with Crippen molar-refractivity contribution in [2.24, 2.45) is 5.73 Å². The Bertz CT molecular complexity index is 1360. The molecule has 0 amide bonds. The first-order chi connectivity index (χ1) is 16.5. The summed E-state index contributed by atoms with van der Waals surface area (Å²) in [5.41, 5.74) is 18.7. The van der Waals surface area contributed by atoms with E-state index in [1.165, 1.54) is 0 Å². The van der Waals surface area contributed by atoms with Crippen molar-refractivity contribution in [1.29, 1.82) is 0 Å². The quantitative estimate of drug-likeness (QED) is 0.374. The van der Waals surface area contributed by atoms with Crippen LogP contribution in [0.4, 0.5) is 11.4 Å². The number of pyridine rings is 3. The normalized spacial score (nSPS) is 17.1. The van der Waals surface area contributed by atoms with Gasteiger partial charge in [0.15, 0.2) is 11.1 Å². The molecule has 9 heteroatoms. The van der Waals surface area contributed by atoms with Gasteiger partial charge in [-0.15, -0.1) is 0 Å². The Morgan fingerprint density at radius 1 is 1.09 bits per heavy atom. The number of nitrogen functional groups attached to an aromatic ring is 1. The molecule has 3 aromatic heterocycles. The third kappa shape index (κ3) is 4.63. The molecule has 5 N–H and O–H groups in total. The fourth-order valence-corrected chi connectivity index (χ4v) is 4.90. The molecule has 0 spiro atoms. The number of nitrogens with zero attached hydrogens (tertiary/aromatic N) is 4. The molecular formula is C25H26N6O2S. The van der Waals surface area contributed by atoms with E-state index in [9.17, 15) is 4.21 Å². The molecule has 1 saturated heterocycles. The van der Waals surface area contributed by atoms with Gasteiger partial charge in [0.25, 0.3) is 0 Å². The minimum absolute atomic E-state index is 0.0972. The number of nitrogens with two attached hydrogens (primary N) is 2. The van der Waals surface area contributed by atoms with Crippen LogP contribution < -0.4 is 16.4 Å². The molecule has 1 aliphatic rings. The fourth-order valence-electron chi connectivity index (χ4n) is 4.42. The van der Waals surface area contributed by atoms with E-state index >= 15 is 0 Å². The minimum atomic E-state index is -1.87. The molecule has 1 aromatic carbocycles. The molecule has 0 saturated carbocycles. The Morgan fingerprint density at radius 3 is 2.68 bits per heavy atom. The molecule has 1 fully saturated rings. The first kappa shape index (κ1) is 22.4. The number of benzene rings is 1. The van der Waals surface area contributed by atoms with Crippen molar-refractivity contribution >= 4 is 33.4 Å². The predicted octanol–water partition coefficient (Wildman–Crippen LogP) is 3.59. The topological polar surface area (TPSA) is 131 Å². The Morgan fingerprint density at radius 2 is 1.91 bits per heavy atom. The third-order valence-electron chi connectivity index (χ3n) is 6.11. The maximum absolute atomic E-state index is 11.1. The van der Waals surface area contributed by atoms with Gasteiger partial charge in [0, 0.05) is 42.0 Å².